The molecule has 468 valence electrons. The van der Waals surface area contributed by atoms with Gasteiger partial charge in [-0.2, -0.15) is 0 Å². The van der Waals surface area contributed by atoms with Crippen molar-refractivity contribution in [3.05, 3.63) is 117 Å². The maximum absolute atomic E-state index is 11.6. The number of Topliss-reactive ketones (excluding diaryl/α,β-unsaturated/α-hetero) is 2. The molecular formula is C74H111N4O3S4+. The van der Waals surface area contributed by atoms with E-state index in [0.717, 1.165) is 60.0 Å². The smallest absolute Gasteiger partial charge is 0.177 e. The van der Waals surface area contributed by atoms with Gasteiger partial charge >= 0.3 is 0 Å². The second kappa shape index (κ2) is 34.5. The molecule has 2 aromatic carbocycles. The van der Waals surface area contributed by atoms with Crippen LogP contribution in [-0.4, -0.2) is 99.5 Å². The summed E-state index contributed by atoms with van der Waals surface area (Å²) >= 11 is 14.7. The molecule has 1 N–H and O–H groups in total. The van der Waals surface area contributed by atoms with E-state index in [1.807, 2.05) is 43.4 Å². The summed E-state index contributed by atoms with van der Waals surface area (Å²) in [6, 6.07) is 21.5. The van der Waals surface area contributed by atoms with E-state index < -0.39 is 0 Å². The largest absolute Gasteiger partial charge is 0.375 e. The molecule has 0 unspecified atom stereocenters. The highest BCUT2D eigenvalue weighted by atomic mass is 32.2. The molecule has 1 saturated carbocycles. The molecule has 85 heavy (non-hydrogen) atoms. The molecule has 11 rings (SSSR count). The summed E-state index contributed by atoms with van der Waals surface area (Å²) in [4.78, 5) is 43.6. The molecule has 4 heterocycles. The molecule has 0 aromatic heterocycles. The molecule has 9 aliphatic rings. The highest BCUT2D eigenvalue weighted by Gasteiger charge is 2.34. The number of nitrogens with one attached hydrogen (secondary N) is 1. The number of hydrogen-bond acceptors (Lipinski definition) is 10. The number of allylic oxidation sites excluding steroid dienone is 8. The molecule has 0 bridgehead atoms. The molecule has 0 spiro atoms. The fourth-order valence-corrected chi connectivity index (χ4v) is 17.0. The summed E-state index contributed by atoms with van der Waals surface area (Å²) in [5, 5.41) is 3.28. The van der Waals surface area contributed by atoms with Crippen LogP contribution >= 0.6 is 48.0 Å². The summed E-state index contributed by atoms with van der Waals surface area (Å²) in [6.07, 6.45) is 35.3. The lowest BCUT2D eigenvalue weighted by atomic mass is 9.76. The Labute approximate surface area is 536 Å². The first-order valence-corrected chi connectivity index (χ1v) is 35.7. The maximum Gasteiger partial charge on any atom is 0.177 e. The first kappa shape index (κ1) is 70.6. The van der Waals surface area contributed by atoms with Crippen molar-refractivity contribution in [1.29, 1.82) is 0 Å². The SMILES string of the molecule is C1CCNCC1.CC1(C)CC(=O)C=C(N2CCCCC2)C1.CC1(C)CC(=O)CC(=O)C1.CC1(C)CC(=S)C=C(N2CCCCC2)C1.CC1(C)CC(=S)C=C(SCc2ccccc2)C1.CC1(C)CC(SCc2ccccc2)=CC(=[N+]2CCCCC2)C1. The Morgan fingerprint density at radius 1 is 0.435 bits per heavy atom. The summed E-state index contributed by atoms with van der Waals surface area (Å²) in [5.74, 6) is 2.65. The molecule has 0 amide bonds. The summed E-state index contributed by atoms with van der Waals surface area (Å²) in [6.45, 7) is 32.2. The van der Waals surface area contributed by atoms with Gasteiger partial charge in [-0.05, 0) is 170 Å². The van der Waals surface area contributed by atoms with E-state index >= 15 is 0 Å². The van der Waals surface area contributed by atoms with Gasteiger partial charge in [0.25, 0.3) is 0 Å². The summed E-state index contributed by atoms with van der Waals surface area (Å²) < 4.78 is 2.65. The van der Waals surface area contributed by atoms with Crippen molar-refractivity contribution < 1.29 is 19.0 Å². The number of hydrogen-bond donors (Lipinski definition) is 1. The van der Waals surface area contributed by atoms with Crippen LogP contribution in [-0.2, 0) is 25.9 Å². The lowest BCUT2D eigenvalue weighted by molar-refractivity contribution is -0.538. The second-order valence-corrected chi connectivity index (χ2v) is 33.0. The van der Waals surface area contributed by atoms with Crippen molar-refractivity contribution in [1.82, 2.24) is 15.1 Å². The van der Waals surface area contributed by atoms with Gasteiger partial charge in [0.05, 0.1) is 6.42 Å². The van der Waals surface area contributed by atoms with Gasteiger partial charge in [-0.25, -0.2) is 4.58 Å². The predicted molar refractivity (Wildman–Crippen MR) is 374 cm³/mol. The molecule has 11 heteroatoms. The van der Waals surface area contributed by atoms with Gasteiger partial charge in [-0.3, -0.25) is 14.4 Å². The lowest BCUT2D eigenvalue weighted by Crippen LogP contribution is -2.34. The van der Waals surface area contributed by atoms with Crippen molar-refractivity contribution in [2.45, 2.75) is 228 Å². The zero-order valence-electron chi connectivity index (χ0n) is 54.6. The van der Waals surface area contributed by atoms with Crippen LogP contribution in [0, 0.1) is 27.1 Å². The van der Waals surface area contributed by atoms with Gasteiger partial charge in [0.2, 0.25) is 0 Å². The number of thioether (sulfide) groups is 2. The monoisotopic (exact) mass is 1230 g/mol. The quantitative estimate of drug-likeness (QED) is 0.157. The van der Waals surface area contributed by atoms with E-state index in [1.165, 1.54) is 163 Å². The number of carbonyl (C=O) groups is 3. The van der Waals surface area contributed by atoms with Gasteiger partial charge < -0.3 is 15.1 Å². The van der Waals surface area contributed by atoms with Gasteiger partial charge in [0.15, 0.2) is 11.5 Å². The molecule has 0 atom stereocenters. The van der Waals surface area contributed by atoms with Gasteiger partial charge in [-0.1, -0.05) is 161 Å². The van der Waals surface area contributed by atoms with Crippen molar-refractivity contribution in [2.24, 2.45) is 27.1 Å². The zero-order chi connectivity index (χ0) is 61.5. The third-order valence-electron chi connectivity index (χ3n) is 17.3. The Kier molecular flexibility index (Phi) is 28.6. The van der Waals surface area contributed by atoms with Crippen LogP contribution in [0.4, 0.5) is 0 Å². The first-order valence-electron chi connectivity index (χ1n) is 32.9. The summed E-state index contributed by atoms with van der Waals surface area (Å²) in [5.41, 5.74) is 8.39. The average Bonchev–Trinajstić information content (AvgIpc) is 3.58. The Morgan fingerprint density at radius 3 is 1.26 bits per heavy atom. The number of ketones is 3. The molecule has 7 nitrogen and oxygen atoms in total. The number of piperidine rings is 4. The number of likely N-dealkylation sites (tertiary alicyclic amines) is 2. The maximum atomic E-state index is 11.6. The number of rotatable bonds is 8. The minimum Gasteiger partial charge on any atom is -0.375 e. The molecule has 5 fully saturated rings. The Bertz CT molecular complexity index is 2560. The van der Waals surface area contributed by atoms with Crippen molar-refractivity contribution in [3.8, 4) is 0 Å². The van der Waals surface area contributed by atoms with Crippen LogP contribution < -0.4 is 5.32 Å². The highest BCUT2D eigenvalue weighted by Crippen LogP contribution is 2.42. The van der Waals surface area contributed by atoms with E-state index in [2.05, 4.69) is 154 Å². The normalized spacial score (nSPS) is 23.3. The van der Waals surface area contributed by atoms with Crippen LogP contribution in [0.3, 0.4) is 0 Å². The first-order chi connectivity index (χ1) is 40.3. The molecule has 4 saturated heterocycles. The minimum absolute atomic E-state index is 0.0770. The number of benzene rings is 2. The Hall–Kier alpha value is -3.48. The fourth-order valence-electron chi connectivity index (χ4n) is 13.3. The highest BCUT2D eigenvalue weighted by molar-refractivity contribution is 8.02. The third-order valence-corrected chi connectivity index (χ3v) is 20.1. The Morgan fingerprint density at radius 2 is 0.835 bits per heavy atom. The number of thiocarbonyl (C=S) groups is 2. The topological polar surface area (TPSA) is 72.7 Å². The number of carbonyl (C=O) groups excluding carboxylic acids is 3. The van der Waals surface area contributed by atoms with Crippen LogP contribution in [0.5, 0.6) is 0 Å². The molecular weight excluding hydrogens is 1120 g/mol. The summed E-state index contributed by atoms with van der Waals surface area (Å²) in [7, 11) is 0. The zero-order valence-corrected chi connectivity index (χ0v) is 57.9. The van der Waals surface area contributed by atoms with Gasteiger partial charge in [-0.15, -0.1) is 23.5 Å². The van der Waals surface area contributed by atoms with Gasteiger partial charge in [0.1, 0.15) is 24.7 Å². The van der Waals surface area contributed by atoms with E-state index in [1.54, 1.807) is 10.6 Å². The van der Waals surface area contributed by atoms with Crippen molar-refractivity contribution in [3.63, 3.8) is 0 Å². The van der Waals surface area contributed by atoms with Crippen LogP contribution in [0.1, 0.15) is 228 Å². The molecule has 0 radical (unpaired) electrons. The Balaban J connectivity index is 0.000000169. The van der Waals surface area contributed by atoms with E-state index in [4.69, 9.17) is 24.4 Å². The number of nitrogens with zero attached hydrogens (tertiary/aromatic N) is 3. The molecule has 5 aliphatic carbocycles. The predicted octanol–water partition coefficient (Wildman–Crippen LogP) is 18.6. The second-order valence-electron chi connectivity index (χ2n) is 29.7. The fraction of sp³-hybridized carbons (Fsp3) is 0.649. The molecule has 4 aliphatic heterocycles. The standard InChI is InChI=1S/C20H28NS.C15H18S2.C13H21NO.C13H21NS.C8H12O2.C5H11N/c1-20(2)14-18(21-11-7-4-8-12-21)13-19(15-20)22-16-17-9-5-3-6-10-17;1-15(2)9-13(16)8-14(10-15)17-11-12-6-4-3-5-7-12;2*1-13(2)9-11(8-12(15)10-13)14-6-4-3-5-7-14;1-8(2)4-6(9)3-7(10)5-8;1-2-4-6-5-3-1/h3,5-6,9-10,13H,4,7-8,11-12,14-16H2,1-2H3;3-8H,9-11H2,1-2H3;2*8H,3-7,9-10H2,1-2H3;3-5H2,1-2H3;6H,1-5H2/q+1;;;;;. The van der Waals surface area contributed by atoms with Gasteiger partial charge in [0, 0.05) is 109 Å². The third kappa shape index (κ3) is 27.4. The van der Waals surface area contributed by atoms with Crippen LogP contribution in [0.15, 0.2) is 106 Å². The minimum atomic E-state index is -0.0770. The van der Waals surface area contributed by atoms with E-state index in [9.17, 15) is 14.4 Å². The van der Waals surface area contributed by atoms with E-state index in [0.29, 0.717) is 41.3 Å². The van der Waals surface area contributed by atoms with Crippen molar-refractivity contribution in [2.75, 3.05) is 52.4 Å². The van der Waals surface area contributed by atoms with E-state index in [-0.39, 0.29) is 28.8 Å². The van der Waals surface area contributed by atoms with Crippen molar-refractivity contribution >= 4 is 80.8 Å². The average molecular weight is 1230 g/mol. The van der Waals surface area contributed by atoms with Crippen LogP contribution in [0.2, 0.25) is 0 Å². The lowest BCUT2D eigenvalue weighted by Gasteiger charge is -2.38. The van der Waals surface area contributed by atoms with Crippen LogP contribution in [0.25, 0.3) is 0 Å². The molecule has 2 aromatic rings.